The van der Waals surface area contributed by atoms with Crippen molar-refractivity contribution >= 4 is 11.8 Å². The van der Waals surface area contributed by atoms with E-state index in [1.807, 2.05) is 4.90 Å². The van der Waals surface area contributed by atoms with Crippen molar-refractivity contribution in [1.29, 1.82) is 0 Å². The summed E-state index contributed by atoms with van der Waals surface area (Å²) in [6, 6.07) is 0.311. The maximum absolute atomic E-state index is 11.6. The largest absolute Gasteiger partial charge is 0.369 e. The number of nitrogens with zero attached hydrogens (tertiary/aromatic N) is 1. The van der Waals surface area contributed by atoms with Gasteiger partial charge in [-0.1, -0.05) is 12.8 Å². The molecule has 17 heavy (non-hydrogen) atoms. The molecule has 0 aromatic heterocycles. The summed E-state index contributed by atoms with van der Waals surface area (Å²) in [5, 5.41) is 2.70. The van der Waals surface area contributed by atoms with Gasteiger partial charge in [0.15, 0.2) is 0 Å². The zero-order valence-electron chi connectivity index (χ0n) is 10.2. The molecule has 1 saturated carbocycles. The molecule has 1 aliphatic carbocycles. The molecule has 0 aliphatic heterocycles. The van der Waals surface area contributed by atoms with Crippen LogP contribution in [0.1, 0.15) is 25.7 Å². The first kappa shape index (κ1) is 13.9. The van der Waals surface area contributed by atoms with Gasteiger partial charge in [0.25, 0.3) is 0 Å². The fourth-order valence-electron chi connectivity index (χ4n) is 2.24. The van der Waals surface area contributed by atoms with Gasteiger partial charge in [0, 0.05) is 19.1 Å². The van der Waals surface area contributed by atoms with E-state index in [4.69, 9.17) is 11.5 Å². The summed E-state index contributed by atoms with van der Waals surface area (Å²) in [4.78, 5) is 24.5. The lowest BCUT2D eigenvalue weighted by atomic mass is 10.2. The van der Waals surface area contributed by atoms with Crippen molar-refractivity contribution < 1.29 is 9.59 Å². The van der Waals surface area contributed by atoms with Gasteiger partial charge in [-0.3, -0.25) is 14.5 Å². The molecule has 0 atom stereocenters. The number of nitrogens with one attached hydrogen (secondary N) is 1. The third-order valence-corrected chi connectivity index (χ3v) is 3.01. The lowest BCUT2D eigenvalue weighted by Crippen LogP contribution is -2.46. The molecule has 2 amide bonds. The second-order valence-corrected chi connectivity index (χ2v) is 4.45. The smallest absolute Gasteiger partial charge is 0.234 e. The first-order chi connectivity index (χ1) is 8.13. The molecule has 0 spiro atoms. The summed E-state index contributed by atoms with van der Waals surface area (Å²) in [5.74, 6) is -0.480. The van der Waals surface area contributed by atoms with Gasteiger partial charge < -0.3 is 16.8 Å². The van der Waals surface area contributed by atoms with Crippen LogP contribution < -0.4 is 16.8 Å². The quantitative estimate of drug-likeness (QED) is 0.521. The van der Waals surface area contributed by atoms with Crippen LogP contribution in [0.15, 0.2) is 0 Å². The minimum atomic E-state index is -0.386. The highest BCUT2D eigenvalue weighted by Crippen LogP contribution is 2.22. The van der Waals surface area contributed by atoms with Crippen LogP contribution in [0, 0.1) is 0 Å². The number of rotatable bonds is 7. The molecule has 1 rings (SSSR count). The van der Waals surface area contributed by atoms with Gasteiger partial charge >= 0.3 is 0 Å². The van der Waals surface area contributed by atoms with E-state index in [0.717, 1.165) is 25.7 Å². The molecule has 0 bridgehead atoms. The Balaban J connectivity index is 2.44. The number of carbonyl (C=O) groups is 2. The van der Waals surface area contributed by atoms with E-state index in [-0.39, 0.29) is 24.9 Å². The molecule has 5 N–H and O–H groups in total. The predicted molar refractivity (Wildman–Crippen MR) is 65.1 cm³/mol. The maximum atomic E-state index is 11.6. The second-order valence-electron chi connectivity index (χ2n) is 4.45. The normalized spacial score (nSPS) is 16.4. The van der Waals surface area contributed by atoms with Gasteiger partial charge in [0.1, 0.15) is 0 Å². The van der Waals surface area contributed by atoms with Gasteiger partial charge in [-0.05, 0) is 12.8 Å². The SMILES string of the molecule is NCCNC(=O)CN(CC(N)=O)C1CCCC1. The minimum Gasteiger partial charge on any atom is -0.369 e. The Kier molecular flexibility index (Phi) is 5.93. The van der Waals surface area contributed by atoms with Crippen LogP contribution in [0.4, 0.5) is 0 Å². The molecular formula is C11H22N4O2. The molecule has 0 radical (unpaired) electrons. The predicted octanol–water partition coefficient (Wildman–Crippen LogP) is -1.21. The number of amides is 2. The lowest BCUT2D eigenvalue weighted by molar-refractivity contribution is -0.124. The molecule has 0 aromatic carbocycles. The Bertz CT molecular complexity index is 264. The summed E-state index contributed by atoms with van der Waals surface area (Å²) in [6.45, 7) is 1.27. The first-order valence-electron chi connectivity index (χ1n) is 6.12. The van der Waals surface area contributed by atoms with Crippen LogP contribution in [0.2, 0.25) is 0 Å². The van der Waals surface area contributed by atoms with E-state index in [1.165, 1.54) is 0 Å². The van der Waals surface area contributed by atoms with Crippen LogP contribution in [-0.4, -0.2) is 48.9 Å². The Morgan fingerprint density at radius 2 is 1.88 bits per heavy atom. The topological polar surface area (TPSA) is 101 Å². The second kappa shape index (κ2) is 7.24. The van der Waals surface area contributed by atoms with Crippen molar-refractivity contribution in [1.82, 2.24) is 10.2 Å². The van der Waals surface area contributed by atoms with Crippen LogP contribution in [0.3, 0.4) is 0 Å². The molecule has 6 heteroatoms. The van der Waals surface area contributed by atoms with Crippen LogP contribution in [0.5, 0.6) is 0 Å². The summed E-state index contributed by atoms with van der Waals surface area (Å²) in [6.07, 6.45) is 4.39. The molecule has 1 fully saturated rings. The van der Waals surface area contributed by atoms with E-state index in [2.05, 4.69) is 5.32 Å². The van der Waals surface area contributed by atoms with Crippen molar-refractivity contribution in [3.8, 4) is 0 Å². The monoisotopic (exact) mass is 242 g/mol. The lowest BCUT2D eigenvalue weighted by Gasteiger charge is -2.26. The highest BCUT2D eigenvalue weighted by atomic mass is 16.2. The third kappa shape index (κ3) is 5.14. The van der Waals surface area contributed by atoms with Gasteiger partial charge in [-0.25, -0.2) is 0 Å². The van der Waals surface area contributed by atoms with Crippen LogP contribution >= 0.6 is 0 Å². The summed E-state index contributed by atoms with van der Waals surface area (Å²) in [7, 11) is 0. The fraction of sp³-hybridized carbons (Fsp3) is 0.818. The average Bonchev–Trinajstić information content (AvgIpc) is 2.78. The van der Waals surface area contributed by atoms with Crippen molar-refractivity contribution in [2.75, 3.05) is 26.2 Å². The van der Waals surface area contributed by atoms with Gasteiger partial charge in [0.05, 0.1) is 13.1 Å². The molecule has 0 aromatic rings. The van der Waals surface area contributed by atoms with E-state index < -0.39 is 0 Å². The van der Waals surface area contributed by atoms with Gasteiger partial charge in [-0.15, -0.1) is 0 Å². The van der Waals surface area contributed by atoms with E-state index in [1.54, 1.807) is 0 Å². The number of nitrogens with two attached hydrogens (primary N) is 2. The number of hydrogen-bond acceptors (Lipinski definition) is 4. The Hall–Kier alpha value is -1.14. The van der Waals surface area contributed by atoms with Gasteiger partial charge in [0.2, 0.25) is 11.8 Å². The molecule has 0 heterocycles. The van der Waals surface area contributed by atoms with Gasteiger partial charge in [-0.2, -0.15) is 0 Å². The third-order valence-electron chi connectivity index (χ3n) is 3.01. The standard InChI is InChI=1S/C11H22N4O2/c12-5-6-14-11(17)8-15(7-10(13)16)9-3-1-2-4-9/h9H,1-8,12H2,(H2,13,16)(H,14,17). The minimum absolute atomic E-state index is 0.0939. The molecule has 0 unspecified atom stereocenters. The highest BCUT2D eigenvalue weighted by molar-refractivity contribution is 5.80. The highest BCUT2D eigenvalue weighted by Gasteiger charge is 2.25. The first-order valence-corrected chi connectivity index (χ1v) is 6.12. The number of primary amides is 1. The van der Waals surface area contributed by atoms with Crippen molar-refractivity contribution in [2.24, 2.45) is 11.5 Å². The zero-order chi connectivity index (χ0) is 12.7. The number of hydrogen-bond donors (Lipinski definition) is 3. The average molecular weight is 242 g/mol. The van der Waals surface area contributed by atoms with Crippen LogP contribution in [-0.2, 0) is 9.59 Å². The fourth-order valence-corrected chi connectivity index (χ4v) is 2.24. The summed E-state index contributed by atoms with van der Waals surface area (Å²) >= 11 is 0. The summed E-state index contributed by atoms with van der Waals surface area (Å²) in [5.41, 5.74) is 10.5. The van der Waals surface area contributed by atoms with Crippen molar-refractivity contribution in [3.05, 3.63) is 0 Å². The van der Waals surface area contributed by atoms with Crippen LogP contribution in [0.25, 0.3) is 0 Å². The maximum Gasteiger partial charge on any atom is 0.234 e. The van der Waals surface area contributed by atoms with Crippen molar-refractivity contribution in [3.63, 3.8) is 0 Å². The zero-order valence-corrected chi connectivity index (χ0v) is 10.2. The van der Waals surface area contributed by atoms with E-state index in [0.29, 0.717) is 19.1 Å². The molecule has 0 saturated heterocycles. The van der Waals surface area contributed by atoms with Crippen molar-refractivity contribution in [2.45, 2.75) is 31.7 Å². The van der Waals surface area contributed by atoms with E-state index >= 15 is 0 Å². The summed E-state index contributed by atoms with van der Waals surface area (Å²) < 4.78 is 0. The molecular weight excluding hydrogens is 220 g/mol. The molecule has 1 aliphatic rings. The van der Waals surface area contributed by atoms with E-state index in [9.17, 15) is 9.59 Å². The number of carbonyl (C=O) groups excluding carboxylic acids is 2. The molecule has 98 valence electrons. The molecule has 6 nitrogen and oxygen atoms in total. The Morgan fingerprint density at radius 3 is 2.41 bits per heavy atom. The Labute approximate surface area is 102 Å². The Morgan fingerprint density at radius 1 is 1.24 bits per heavy atom.